The lowest BCUT2D eigenvalue weighted by Crippen LogP contribution is -2.59. The second-order valence-corrected chi connectivity index (χ2v) is 6.35. The molecule has 0 saturated heterocycles. The fourth-order valence-corrected chi connectivity index (χ4v) is 3.59. The normalized spacial score (nSPS) is 25.5. The third-order valence-electron chi connectivity index (χ3n) is 4.42. The van der Waals surface area contributed by atoms with Crippen LogP contribution in [-0.2, 0) is 0 Å². The third kappa shape index (κ3) is 3.90. The van der Waals surface area contributed by atoms with Gasteiger partial charge in [-0.1, -0.05) is 18.5 Å². The van der Waals surface area contributed by atoms with Gasteiger partial charge in [0.05, 0.1) is 17.3 Å². The number of aliphatic hydroxyl groups excluding tert-OH is 1. The first-order valence-electron chi connectivity index (χ1n) is 7.85. The Morgan fingerprint density at radius 2 is 2.32 bits per heavy atom. The second kappa shape index (κ2) is 7.59. The number of halogens is 2. The Morgan fingerprint density at radius 1 is 1.55 bits per heavy atom. The van der Waals surface area contributed by atoms with Crippen LogP contribution in [0, 0.1) is 5.82 Å². The monoisotopic (exact) mass is 329 g/mol. The smallest absolute Gasteiger partial charge is 0.141 e. The average Bonchev–Trinajstić information content (AvgIpc) is 2.48. The lowest BCUT2D eigenvalue weighted by Gasteiger charge is -2.48. The summed E-state index contributed by atoms with van der Waals surface area (Å²) < 4.78 is 13.4. The van der Waals surface area contributed by atoms with Crippen LogP contribution >= 0.6 is 11.6 Å². The molecule has 4 nitrogen and oxygen atoms in total. The summed E-state index contributed by atoms with van der Waals surface area (Å²) >= 11 is 5.89. The minimum absolute atomic E-state index is 0.0939. The SMILES string of the molecule is CCN(CCO)C1(Nc2ccc(F)c(Cl)c2)CCCC(N)C1. The van der Waals surface area contributed by atoms with E-state index in [4.69, 9.17) is 17.3 Å². The van der Waals surface area contributed by atoms with E-state index in [1.807, 2.05) is 0 Å². The fourth-order valence-electron chi connectivity index (χ4n) is 3.41. The molecule has 4 N–H and O–H groups in total. The van der Waals surface area contributed by atoms with Gasteiger partial charge in [0, 0.05) is 18.3 Å². The topological polar surface area (TPSA) is 61.5 Å². The molecule has 2 unspecified atom stereocenters. The van der Waals surface area contributed by atoms with Gasteiger partial charge in [0.25, 0.3) is 0 Å². The van der Waals surface area contributed by atoms with E-state index < -0.39 is 5.82 Å². The first-order valence-corrected chi connectivity index (χ1v) is 8.23. The number of benzene rings is 1. The van der Waals surface area contributed by atoms with E-state index in [2.05, 4.69) is 17.1 Å². The van der Waals surface area contributed by atoms with Gasteiger partial charge >= 0.3 is 0 Å². The summed E-state index contributed by atoms with van der Waals surface area (Å²) in [5.41, 5.74) is 6.64. The van der Waals surface area contributed by atoms with Crippen molar-refractivity contribution in [2.75, 3.05) is 25.0 Å². The molecule has 6 heteroatoms. The molecular weight excluding hydrogens is 305 g/mol. The quantitative estimate of drug-likeness (QED) is 0.702. The number of nitrogens with one attached hydrogen (secondary N) is 1. The molecule has 1 aliphatic rings. The summed E-state index contributed by atoms with van der Waals surface area (Å²) in [6.07, 6.45) is 3.74. The van der Waals surface area contributed by atoms with E-state index >= 15 is 0 Å². The van der Waals surface area contributed by atoms with Crippen molar-refractivity contribution in [1.29, 1.82) is 0 Å². The molecular formula is C16H25ClFN3O. The van der Waals surface area contributed by atoms with Crippen molar-refractivity contribution in [2.24, 2.45) is 5.73 Å². The zero-order valence-corrected chi connectivity index (χ0v) is 13.7. The Balaban J connectivity index is 2.28. The van der Waals surface area contributed by atoms with Crippen LogP contribution in [0.3, 0.4) is 0 Å². The Labute approximate surface area is 136 Å². The number of likely N-dealkylation sites (N-methyl/N-ethyl adjacent to an activating group) is 1. The summed E-state index contributed by atoms with van der Waals surface area (Å²) in [6, 6.07) is 4.77. The van der Waals surface area contributed by atoms with Crippen molar-refractivity contribution < 1.29 is 9.50 Å². The van der Waals surface area contributed by atoms with Crippen molar-refractivity contribution in [3.05, 3.63) is 29.0 Å². The molecule has 22 heavy (non-hydrogen) atoms. The Morgan fingerprint density at radius 3 is 2.91 bits per heavy atom. The van der Waals surface area contributed by atoms with Gasteiger partial charge in [0.1, 0.15) is 5.82 Å². The maximum absolute atomic E-state index is 13.4. The molecule has 1 aliphatic carbocycles. The van der Waals surface area contributed by atoms with Gasteiger partial charge in [-0.05, 0) is 50.4 Å². The van der Waals surface area contributed by atoms with Gasteiger partial charge in [0.2, 0.25) is 0 Å². The van der Waals surface area contributed by atoms with Crippen LogP contribution in [0.4, 0.5) is 10.1 Å². The van der Waals surface area contributed by atoms with Crippen molar-refractivity contribution in [3.63, 3.8) is 0 Å². The Kier molecular flexibility index (Phi) is 6.03. The highest BCUT2D eigenvalue weighted by atomic mass is 35.5. The fraction of sp³-hybridized carbons (Fsp3) is 0.625. The zero-order valence-electron chi connectivity index (χ0n) is 13.0. The molecule has 0 aromatic heterocycles. The molecule has 0 amide bonds. The molecule has 0 radical (unpaired) electrons. The van der Waals surface area contributed by atoms with Crippen LogP contribution < -0.4 is 11.1 Å². The number of nitrogens with two attached hydrogens (primary N) is 1. The van der Waals surface area contributed by atoms with Gasteiger partial charge in [-0.3, -0.25) is 4.90 Å². The molecule has 2 rings (SSSR count). The van der Waals surface area contributed by atoms with Crippen LogP contribution in [-0.4, -0.2) is 41.4 Å². The zero-order chi connectivity index (χ0) is 16.2. The molecule has 0 heterocycles. The van der Waals surface area contributed by atoms with Gasteiger partial charge in [0.15, 0.2) is 0 Å². The first kappa shape index (κ1) is 17.5. The largest absolute Gasteiger partial charge is 0.395 e. The molecule has 1 saturated carbocycles. The van der Waals surface area contributed by atoms with Crippen molar-refractivity contribution in [3.8, 4) is 0 Å². The van der Waals surface area contributed by atoms with Crippen LogP contribution in [0.25, 0.3) is 0 Å². The molecule has 0 bridgehead atoms. The average molecular weight is 330 g/mol. The van der Waals surface area contributed by atoms with Crippen LogP contribution in [0.1, 0.15) is 32.6 Å². The molecule has 1 aromatic rings. The highest BCUT2D eigenvalue weighted by Crippen LogP contribution is 2.35. The van der Waals surface area contributed by atoms with Crippen LogP contribution in [0.15, 0.2) is 18.2 Å². The summed E-state index contributed by atoms with van der Waals surface area (Å²) in [7, 11) is 0. The van der Waals surface area contributed by atoms with Crippen LogP contribution in [0.2, 0.25) is 5.02 Å². The standard InChI is InChI=1S/C16H25ClFN3O/c1-2-21(8-9-22)16(7-3-4-12(19)11-16)20-13-5-6-15(18)14(17)10-13/h5-6,10,12,20,22H,2-4,7-9,11,19H2,1H3. The second-order valence-electron chi connectivity index (χ2n) is 5.95. The Hall–Kier alpha value is -0.880. The number of nitrogens with zero attached hydrogens (tertiary/aromatic N) is 1. The van der Waals surface area contributed by atoms with Crippen LogP contribution in [0.5, 0.6) is 0 Å². The van der Waals surface area contributed by atoms with E-state index in [0.717, 1.165) is 37.9 Å². The highest BCUT2D eigenvalue weighted by molar-refractivity contribution is 6.31. The van der Waals surface area contributed by atoms with E-state index in [1.54, 1.807) is 12.1 Å². The predicted molar refractivity (Wildman–Crippen MR) is 88.5 cm³/mol. The van der Waals surface area contributed by atoms with Crippen molar-refractivity contribution in [2.45, 2.75) is 44.3 Å². The van der Waals surface area contributed by atoms with E-state index in [9.17, 15) is 9.50 Å². The first-order chi connectivity index (χ1) is 10.5. The van der Waals surface area contributed by atoms with Gasteiger partial charge in [-0.25, -0.2) is 4.39 Å². The third-order valence-corrected chi connectivity index (χ3v) is 4.71. The molecule has 2 atom stereocenters. The summed E-state index contributed by atoms with van der Waals surface area (Å²) in [4.78, 5) is 2.21. The number of hydrogen-bond donors (Lipinski definition) is 3. The van der Waals surface area contributed by atoms with Crippen molar-refractivity contribution in [1.82, 2.24) is 4.90 Å². The number of anilines is 1. The molecule has 0 spiro atoms. The lowest BCUT2D eigenvalue weighted by molar-refractivity contribution is 0.0552. The van der Waals surface area contributed by atoms with E-state index in [0.29, 0.717) is 6.54 Å². The number of aliphatic hydroxyl groups is 1. The highest BCUT2D eigenvalue weighted by Gasteiger charge is 2.39. The predicted octanol–water partition coefficient (Wildman–Crippen LogP) is 2.80. The summed E-state index contributed by atoms with van der Waals surface area (Å²) in [5.74, 6) is -0.427. The molecule has 0 aliphatic heterocycles. The summed E-state index contributed by atoms with van der Waals surface area (Å²) in [5, 5.41) is 13.0. The van der Waals surface area contributed by atoms with Crippen molar-refractivity contribution >= 4 is 17.3 Å². The van der Waals surface area contributed by atoms with E-state index in [1.165, 1.54) is 6.07 Å². The van der Waals surface area contributed by atoms with Gasteiger partial charge in [-0.15, -0.1) is 0 Å². The maximum Gasteiger partial charge on any atom is 0.141 e. The molecule has 124 valence electrons. The lowest BCUT2D eigenvalue weighted by atomic mass is 9.84. The molecule has 1 aromatic carbocycles. The minimum atomic E-state index is -0.427. The summed E-state index contributed by atoms with van der Waals surface area (Å²) in [6.45, 7) is 3.54. The van der Waals surface area contributed by atoms with Gasteiger partial charge < -0.3 is 16.2 Å². The Bertz CT molecular complexity index is 502. The van der Waals surface area contributed by atoms with Gasteiger partial charge in [-0.2, -0.15) is 0 Å². The number of hydrogen-bond acceptors (Lipinski definition) is 4. The minimum Gasteiger partial charge on any atom is -0.395 e. The number of rotatable bonds is 6. The van der Waals surface area contributed by atoms with E-state index in [-0.39, 0.29) is 23.3 Å². The molecule has 1 fully saturated rings. The maximum atomic E-state index is 13.4.